The van der Waals surface area contributed by atoms with Crippen LogP contribution in [0.3, 0.4) is 0 Å². The molecule has 4 heteroatoms. The van der Waals surface area contributed by atoms with Gasteiger partial charge in [0.2, 0.25) is 5.91 Å². The van der Waals surface area contributed by atoms with Gasteiger partial charge >= 0.3 is 0 Å². The number of nitrogens with two attached hydrogens (primary N) is 1. The second-order valence-corrected chi connectivity index (χ2v) is 6.10. The van der Waals surface area contributed by atoms with E-state index in [1.165, 1.54) is 5.56 Å². The van der Waals surface area contributed by atoms with Crippen molar-refractivity contribution in [1.29, 1.82) is 0 Å². The lowest BCUT2D eigenvalue weighted by molar-refractivity contribution is -0.128. The Bertz CT molecular complexity index is 551. The van der Waals surface area contributed by atoms with Crippen LogP contribution in [0.1, 0.15) is 31.7 Å². The third-order valence-electron chi connectivity index (χ3n) is 4.51. The number of carbonyl (C=O) groups is 1. The Morgan fingerprint density at radius 2 is 2.11 bits per heavy atom. The monoisotopic (exact) mass is 274 g/mol. The van der Waals surface area contributed by atoms with E-state index in [1.807, 2.05) is 23.1 Å². The number of fused-ring (bicyclic) bond motifs is 1. The van der Waals surface area contributed by atoms with Crippen molar-refractivity contribution in [2.75, 3.05) is 4.90 Å². The van der Waals surface area contributed by atoms with E-state index in [1.54, 1.807) is 0 Å². The second kappa shape index (κ2) is 4.30. The van der Waals surface area contributed by atoms with Gasteiger partial charge in [-0.1, -0.05) is 36.8 Å². The molecule has 0 aromatic heterocycles. The molecule has 1 atom stereocenters. The zero-order valence-electron chi connectivity index (χ0n) is 11.1. The normalized spacial score (nSPS) is 23.6. The maximum atomic E-state index is 12.9. The highest BCUT2D eigenvalue weighted by Gasteiger charge is 2.51. The molecule has 1 aliphatic carbocycles. The van der Waals surface area contributed by atoms with Gasteiger partial charge in [0.15, 0.2) is 0 Å². The van der Waals surface area contributed by atoms with Gasteiger partial charge < -0.3 is 10.6 Å². The van der Waals surface area contributed by atoms with Crippen LogP contribution in [-0.2, 0) is 11.2 Å². The van der Waals surface area contributed by atoms with Gasteiger partial charge in [0.1, 0.15) is 0 Å². The number of hydrogen-bond acceptors (Lipinski definition) is 2. The molecule has 100 valence electrons. The van der Waals surface area contributed by atoms with Gasteiger partial charge in [-0.15, -0.1) is 0 Å². The fourth-order valence-electron chi connectivity index (χ4n) is 3.20. The van der Waals surface area contributed by atoms with Crippen molar-refractivity contribution in [2.24, 2.45) is 11.1 Å². The first kappa shape index (κ1) is 12.6. The highest BCUT2D eigenvalue weighted by Crippen LogP contribution is 2.45. The molecule has 1 aromatic carbocycles. The first-order chi connectivity index (χ1) is 9.06. The SMILES string of the molecule is CC1Cc2ccccc2N1C(=O)C1(C(N)=S)CCC1. The molecule has 1 saturated carbocycles. The Labute approximate surface area is 118 Å². The smallest absolute Gasteiger partial charge is 0.240 e. The molecule has 1 aromatic rings. The fourth-order valence-corrected chi connectivity index (χ4v) is 3.49. The van der Waals surface area contributed by atoms with Crippen molar-refractivity contribution in [3.63, 3.8) is 0 Å². The summed E-state index contributed by atoms with van der Waals surface area (Å²) >= 11 is 5.16. The van der Waals surface area contributed by atoms with Crippen LogP contribution in [0.25, 0.3) is 0 Å². The zero-order valence-corrected chi connectivity index (χ0v) is 11.9. The number of para-hydroxylation sites is 1. The molecular weight excluding hydrogens is 256 g/mol. The van der Waals surface area contributed by atoms with E-state index in [0.717, 1.165) is 31.4 Å². The summed E-state index contributed by atoms with van der Waals surface area (Å²) < 4.78 is 0. The molecular formula is C15H18N2OS. The molecule has 0 bridgehead atoms. The standard InChI is InChI=1S/C15H18N2OS/c1-10-9-11-5-2-3-6-12(11)17(10)14(18)15(13(16)19)7-4-8-15/h2-3,5-6,10H,4,7-9H2,1H3,(H2,16,19). The number of anilines is 1. The van der Waals surface area contributed by atoms with E-state index >= 15 is 0 Å². The van der Waals surface area contributed by atoms with Crippen LogP contribution in [0, 0.1) is 5.41 Å². The number of thiocarbonyl (C=S) groups is 1. The van der Waals surface area contributed by atoms with Crippen LogP contribution < -0.4 is 10.6 Å². The van der Waals surface area contributed by atoms with Crippen molar-refractivity contribution in [2.45, 2.75) is 38.6 Å². The molecule has 1 aliphatic heterocycles. The highest BCUT2D eigenvalue weighted by atomic mass is 32.1. The zero-order chi connectivity index (χ0) is 13.6. The van der Waals surface area contributed by atoms with E-state index in [-0.39, 0.29) is 11.9 Å². The lowest BCUT2D eigenvalue weighted by Crippen LogP contribution is -2.55. The molecule has 0 saturated heterocycles. The molecule has 0 spiro atoms. The van der Waals surface area contributed by atoms with E-state index < -0.39 is 5.41 Å². The number of carbonyl (C=O) groups excluding carboxylic acids is 1. The van der Waals surface area contributed by atoms with Crippen LogP contribution in [0.2, 0.25) is 0 Å². The molecule has 0 radical (unpaired) electrons. The van der Waals surface area contributed by atoms with Crippen molar-refractivity contribution < 1.29 is 4.79 Å². The van der Waals surface area contributed by atoms with E-state index in [4.69, 9.17) is 18.0 Å². The molecule has 3 rings (SSSR count). The Kier molecular flexibility index (Phi) is 2.86. The minimum Gasteiger partial charge on any atom is -0.392 e. The summed E-state index contributed by atoms with van der Waals surface area (Å²) in [5.74, 6) is 0.101. The van der Waals surface area contributed by atoms with Crippen LogP contribution >= 0.6 is 12.2 Å². The fraction of sp³-hybridized carbons (Fsp3) is 0.467. The van der Waals surface area contributed by atoms with Gasteiger partial charge in [-0.3, -0.25) is 4.79 Å². The third-order valence-corrected chi connectivity index (χ3v) is 4.90. The summed E-state index contributed by atoms with van der Waals surface area (Å²) in [6, 6.07) is 8.30. The third kappa shape index (κ3) is 1.70. The maximum Gasteiger partial charge on any atom is 0.240 e. The minimum atomic E-state index is -0.582. The van der Waals surface area contributed by atoms with Crippen molar-refractivity contribution in [1.82, 2.24) is 0 Å². The molecule has 2 aliphatic rings. The maximum absolute atomic E-state index is 12.9. The molecule has 3 nitrogen and oxygen atoms in total. The predicted molar refractivity (Wildman–Crippen MR) is 80.2 cm³/mol. The summed E-state index contributed by atoms with van der Waals surface area (Å²) in [7, 11) is 0. The van der Waals surface area contributed by atoms with E-state index in [2.05, 4.69) is 13.0 Å². The number of benzene rings is 1. The van der Waals surface area contributed by atoms with E-state index in [9.17, 15) is 4.79 Å². The Morgan fingerprint density at radius 3 is 2.68 bits per heavy atom. The molecule has 1 amide bonds. The van der Waals surface area contributed by atoms with Gasteiger partial charge in [0.25, 0.3) is 0 Å². The summed E-state index contributed by atoms with van der Waals surface area (Å²) in [5.41, 5.74) is 7.54. The van der Waals surface area contributed by atoms with Crippen molar-refractivity contribution in [3.05, 3.63) is 29.8 Å². The molecule has 1 unspecified atom stereocenters. The van der Waals surface area contributed by atoms with Crippen molar-refractivity contribution >= 4 is 28.8 Å². The van der Waals surface area contributed by atoms with Gasteiger partial charge in [-0.05, 0) is 37.8 Å². The first-order valence-electron chi connectivity index (χ1n) is 6.78. The van der Waals surface area contributed by atoms with Gasteiger partial charge in [-0.25, -0.2) is 0 Å². The molecule has 19 heavy (non-hydrogen) atoms. The Balaban J connectivity index is 1.98. The lowest BCUT2D eigenvalue weighted by atomic mass is 9.67. The minimum absolute atomic E-state index is 0.101. The molecule has 1 fully saturated rings. The van der Waals surface area contributed by atoms with Gasteiger partial charge in [0.05, 0.1) is 10.4 Å². The second-order valence-electron chi connectivity index (χ2n) is 5.66. The number of amides is 1. The van der Waals surface area contributed by atoms with E-state index in [0.29, 0.717) is 4.99 Å². The quantitative estimate of drug-likeness (QED) is 0.843. The largest absolute Gasteiger partial charge is 0.392 e. The van der Waals surface area contributed by atoms with Crippen molar-refractivity contribution in [3.8, 4) is 0 Å². The number of rotatable bonds is 2. The van der Waals surface area contributed by atoms with Crippen LogP contribution in [0.4, 0.5) is 5.69 Å². The van der Waals surface area contributed by atoms with Crippen LogP contribution in [0.5, 0.6) is 0 Å². The van der Waals surface area contributed by atoms with Gasteiger partial charge in [0, 0.05) is 11.7 Å². The Morgan fingerprint density at radius 1 is 1.42 bits per heavy atom. The number of hydrogen-bond donors (Lipinski definition) is 1. The summed E-state index contributed by atoms with van der Waals surface area (Å²) in [6.45, 7) is 2.09. The van der Waals surface area contributed by atoms with Crippen LogP contribution in [-0.4, -0.2) is 16.9 Å². The summed E-state index contributed by atoms with van der Waals surface area (Å²) in [5, 5.41) is 0. The molecule has 2 N–H and O–H groups in total. The molecule has 1 heterocycles. The van der Waals surface area contributed by atoms with Crippen LogP contribution in [0.15, 0.2) is 24.3 Å². The first-order valence-corrected chi connectivity index (χ1v) is 7.18. The average Bonchev–Trinajstić information content (AvgIpc) is 2.62. The Hall–Kier alpha value is -1.42. The lowest BCUT2D eigenvalue weighted by Gasteiger charge is -2.42. The highest BCUT2D eigenvalue weighted by molar-refractivity contribution is 7.80. The van der Waals surface area contributed by atoms with Gasteiger partial charge in [-0.2, -0.15) is 0 Å². The predicted octanol–water partition coefficient (Wildman–Crippen LogP) is 2.42. The number of nitrogens with zero attached hydrogens (tertiary/aromatic N) is 1. The topological polar surface area (TPSA) is 46.3 Å². The summed E-state index contributed by atoms with van der Waals surface area (Å²) in [6.07, 6.45) is 3.54. The average molecular weight is 274 g/mol. The summed E-state index contributed by atoms with van der Waals surface area (Å²) in [4.78, 5) is 15.2.